The summed E-state index contributed by atoms with van der Waals surface area (Å²) in [6, 6.07) is 16.1. The Hall–Kier alpha value is -4.14. The van der Waals surface area contributed by atoms with Crippen molar-refractivity contribution in [3.05, 3.63) is 77.1 Å². The third-order valence-corrected chi connectivity index (χ3v) is 6.68. The van der Waals surface area contributed by atoms with Gasteiger partial charge in [-0.25, -0.2) is 9.59 Å². The molecule has 0 radical (unpaired) electrons. The van der Waals surface area contributed by atoms with Gasteiger partial charge in [0.2, 0.25) is 5.91 Å². The smallest absolute Gasteiger partial charge is 0.408 e. The van der Waals surface area contributed by atoms with Gasteiger partial charge in [0, 0.05) is 12.5 Å². The first-order valence-corrected chi connectivity index (χ1v) is 11.5. The molecule has 1 aromatic heterocycles. The minimum Gasteiger partial charge on any atom is -0.478 e. The number of hydrogen-bond acceptors (Lipinski definition) is 5. The molecule has 2 aliphatic rings. The number of ether oxygens (including phenoxy) is 1. The number of aromatic carboxylic acids is 1. The van der Waals surface area contributed by atoms with E-state index in [2.05, 4.69) is 22.5 Å². The second-order valence-corrected chi connectivity index (χ2v) is 9.34. The average molecular weight is 475 g/mol. The van der Waals surface area contributed by atoms with Crippen LogP contribution in [0.3, 0.4) is 0 Å². The molecule has 2 amide bonds. The van der Waals surface area contributed by atoms with Crippen molar-refractivity contribution in [1.29, 1.82) is 0 Å². The van der Waals surface area contributed by atoms with Gasteiger partial charge in [0.15, 0.2) is 0 Å². The lowest BCUT2D eigenvalue weighted by Crippen LogP contribution is -2.57. The fourth-order valence-corrected chi connectivity index (χ4v) is 4.94. The fourth-order valence-electron chi connectivity index (χ4n) is 4.94. The van der Waals surface area contributed by atoms with Crippen LogP contribution in [0.2, 0.25) is 0 Å². The number of carboxylic acids is 1. The number of carbonyl (C=O) groups excluding carboxylic acids is 2. The molecule has 2 heterocycles. The lowest BCUT2D eigenvalue weighted by Gasteiger charge is -2.35. The van der Waals surface area contributed by atoms with Gasteiger partial charge in [0.25, 0.3) is 0 Å². The lowest BCUT2D eigenvalue weighted by atomic mass is 9.98. The molecule has 2 aromatic carbocycles. The lowest BCUT2D eigenvalue weighted by molar-refractivity contribution is -0.138. The highest BCUT2D eigenvalue weighted by Gasteiger charge is 2.37. The Morgan fingerprint density at radius 1 is 1.06 bits per heavy atom. The number of nitrogens with one attached hydrogen (secondary N) is 1. The van der Waals surface area contributed by atoms with Crippen molar-refractivity contribution in [2.75, 3.05) is 13.2 Å². The minimum atomic E-state index is -1.24. The zero-order chi connectivity index (χ0) is 24.7. The summed E-state index contributed by atoms with van der Waals surface area (Å²) in [5.74, 6) is -1.49. The van der Waals surface area contributed by atoms with Crippen LogP contribution in [-0.4, -0.2) is 56.4 Å². The topological polar surface area (TPSA) is 114 Å². The average Bonchev–Trinajstić information content (AvgIpc) is 3.41. The summed E-state index contributed by atoms with van der Waals surface area (Å²) in [6.45, 7) is 4.23. The number of rotatable bonds is 5. The van der Waals surface area contributed by atoms with Crippen LogP contribution in [0.15, 0.2) is 54.7 Å². The first kappa shape index (κ1) is 22.6. The quantitative estimate of drug-likeness (QED) is 0.587. The molecule has 2 N–H and O–H groups in total. The molecule has 9 heteroatoms. The molecule has 0 fully saturated rings. The van der Waals surface area contributed by atoms with Gasteiger partial charge in [0.05, 0.1) is 25.0 Å². The van der Waals surface area contributed by atoms with E-state index in [1.165, 1.54) is 11.1 Å². The summed E-state index contributed by atoms with van der Waals surface area (Å²) in [5.41, 5.74) is 3.79. The van der Waals surface area contributed by atoms with Crippen molar-refractivity contribution in [3.8, 4) is 11.1 Å². The molecule has 3 aromatic rings. The standard InChI is InChI=1S/C26H26N4O5/c1-26(2,24(33)29-11-12-30-22(14-29)20(13-27-30)23(31)32)28-25(34)35-15-21-18-9-5-3-7-16(18)17-8-4-6-10-19(17)21/h3-10,13,21H,11-12,14-15H2,1-2H3,(H,28,34)(H,31,32). The first-order chi connectivity index (χ1) is 16.8. The maximum atomic E-state index is 13.2. The Labute approximate surface area is 202 Å². The van der Waals surface area contributed by atoms with Gasteiger partial charge in [-0.1, -0.05) is 48.5 Å². The van der Waals surface area contributed by atoms with Crippen LogP contribution < -0.4 is 5.32 Å². The third kappa shape index (κ3) is 4.03. The Morgan fingerprint density at radius 3 is 2.31 bits per heavy atom. The van der Waals surface area contributed by atoms with E-state index < -0.39 is 17.6 Å². The van der Waals surface area contributed by atoms with Crippen molar-refractivity contribution < 1.29 is 24.2 Å². The number of benzene rings is 2. The summed E-state index contributed by atoms with van der Waals surface area (Å²) < 4.78 is 7.19. The van der Waals surface area contributed by atoms with Crippen LogP contribution in [0, 0.1) is 0 Å². The van der Waals surface area contributed by atoms with Crippen molar-refractivity contribution in [1.82, 2.24) is 20.0 Å². The van der Waals surface area contributed by atoms with Crippen LogP contribution in [-0.2, 0) is 22.6 Å². The van der Waals surface area contributed by atoms with Crippen LogP contribution in [0.5, 0.6) is 0 Å². The van der Waals surface area contributed by atoms with E-state index in [1.807, 2.05) is 36.4 Å². The SMILES string of the molecule is CC(C)(NC(=O)OCC1c2ccccc2-c2ccccc21)C(=O)N1CCn2ncc(C(=O)O)c2C1. The zero-order valence-electron chi connectivity index (χ0n) is 19.5. The molecule has 5 rings (SSSR count). The summed E-state index contributed by atoms with van der Waals surface area (Å²) >= 11 is 0. The number of hydrogen-bond donors (Lipinski definition) is 2. The Kier molecular flexibility index (Phi) is 5.55. The number of fused-ring (bicyclic) bond motifs is 4. The monoisotopic (exact) mass is 474 g/mol. The van der Waals surface area contributed by atoms with Crippen molar-refractivity contribution in [3.63, 3.8) is 0 Å². The fraction of sp³-hybridized carbons (Fsp3) is 0.308. The van der Waals surface area contributed by atoms with E-state index in [0.717, 1.165) is 22.3 Å². The Balaban J connectivity index is 1.24. The summed E-state index contributed by atoms with van der Waals surface area (Å²) in [5, 5.41) is 16.1. The van der Waals surface area contributed by atoms with Crippen molar-refractivity contribution in [2.24, 2.45) is 0 Å². The largest absolute Gasteiger partial charge is 0.478 e. The van der Waals surface area contributed by atoms with E-state index in [4.69, 9.17) is 4.74 Å². The van der Waals surface area contributed by atoms with E-state index in [-0.39, 0.29) is 30.5 Å². The molecule has 0 saturated heterocycles. The molecule has 0 spiro atoms. The number of alkyl carbamates (subject to hydrolysis) is 1. The van der Waals surface area contributed by atoms with Crippen LogP contribution in [0.25, 0.3) is 11.1 Å². The van der Waals surface area contributed by atoms with E-state index in [1.54, 1.807) is 18.5 Å². The van der Waals surface area contributed by atoms with Crippen LogP contribution in [0.4, 0.5) is 4.79 Å². The van der Waals surface area contributed by atoms with Gasteiger partial charge >= 0.3 is 12.1 Å². The van der Waals surface area contributed by atoms with Gasteiger partial charge in [-0.2, -0.15) is 5.10 Å². The molecule has 0 unspecified atom stereocenters. The summed E-state index contributed by atoms with van der Waals surface area (Å²) in [6.07, 6.45) is 0.615. The van der Waals surface area contributed by atoms with Crippen molar-refractivity contribution in [2.45, 2.75) is 38.4 Å². The Morgan fingerprint density at radius 2 is 1.69 bits per heavy atom. The van der Waals surface area contributed by atoms with Crippen LogP contribution in [0.1, 0.15) is 46.9 Å². The molecular weight excluding hydrogens is 448 g/mol. The van der Waals surface area contributed by atoms with Gasteiger partial charge in [-0.15, -0.1) is 0 Å². The molecule has 0 bridgehead atoms. The zero-order valence-corrected chi connectivity index (χ0v) is 19.5. The molecule has 9 nitrogen and oxygen atoms in total. The number of carboxylic acid groups (broad SMARTS) is 1. The Bertz CT molecular complexity index is 1280. The molecule has 1 aliphatic carbocycles. The number of nitrogens with zero attached hydrogens (tertiary/aromatic N) is 3. The highest BCUT2D eigenvalue weighted by molar-refractivity contribution is 5.91. The van der Waals surface area contributed by atoms with E-state index in [9.17, 15) is 19.5 Å². The summed E-state index contributed by atoms with van der Waals surface area (Å²) in [7, 11) is 0. The highest BCUT2D eigenvalue weighted by atomic mass is 16.5. The van der Waals surface area contributed by atoms with Gasteiger partial charge in [0.1, 0.15) is 17.7 Å². The number of aromatic nitrogens is 2. The second kappa shape index (κ2) is 8.57. The predicted molar refractivity (Wildman–Crippen MR) is 127 cm³/mol. The van der Waals surface area contributed by atoms with Gasteiger partial charge < -0.3 is 20.1 Å². The maximum Gasteiger partial charge on any atom is 0.408 e. The second-order valence-electron chi connectivity index (χ2n) is 9.34. The molecule has 180 valence electrons. The predicted octanol–water partition coefficient (Wildman–Crippen LogP) is 3.24. The third-order valence-electron chi connectivity index (χ3n) is 6.68. The normalized spacial score (nSPS) is 14.6. The van der Waals surface area contributed by atoms with E-state index in [0.29, 0.717) is 18.8 Å². The van der Waals surface area contributed by atoms with Crippen molar-refractivity contribution >= 4 is 18.0 Å². The summed E-state index contributed by atoms with van der Waals surface area (Å²) in [4.78, 5) is 39.0. The molecule has 0 saturated carbocycles. The molecule has 35 heavy (non-hydrogen) atoms. The van der Waals surface area contributed by atoms with E-state index >= 15 is 0 Å². The minimum absolute atomic E-state index is 0.0739. The van der Waals surface area contributed by atoms with Gasteiger partial charge in [-0.3, -0.25) is 9.48 Å². The molecular formula is C26H26N4O5. The number of amides is 2. The first-order valence-electron chi connectivity index (χ1n) is 11.5. The molecule has 0 atom stereocenters. The van der Waals surface area contributed by atoms with Crippen LogP contribution >= 0.6 is 0 Å². The maximum absolute atomic E-state index is 13.2. The highest BCUT2D eigenvalue weighted by Crippen LogP contribution is 2.44. The molecule has 1 aliphatic heterocycles. The van der Waals surface area contributed by atoms with Gasteiger partial charge in [-0.05, 0) is 36.1 Å². The number of carbonyl (C=O) groups is 3.